The number of hydrogen-bond acceptors (Lipinski definition) is 1. The maximum atomic E-state index is 4.05. The molecule has 1 aliphatic rings. The molecule has 1 aromatic carbocycles. The summed E-state index contributed by atoms with van der Waals surface area (Å²) < 4.78 is 0. The third kappa shape index (κ3) is 3.48. The van der Waals surface area contributed by atoms with Crippen LogP contribution in [-0.4, -0.2) is 12.6 Å². The van der Waals surface area contributed by atoms with Crippen LogP contribution in [0.15, 0.2) is 42.5 Å². The lowest BCUT2D eigenvalue weighted by Gasteiger charge is -2.29. The van der Waals surface area contributed by atoms with E-state index in [1.54, 1.807) is 0 Å². The van der Waals surface area contributed by atoms with E-state index in [4.69, 9.17) is 0 Å². The molecule has 19 heavy (non-hydrogen) atoms. The molecule has 1 nitrogen and oxygen atoms in total. The van der Waals surface area contributed by atoms with Gasteiger partial charge in [0.1, 0.15) is 0 Å². The van der Waals surface area contributed by atoms with Gasteiger partial charge in [-0.3, -0.25) is 0 Å². The third-order valence-corrected chi connectivity index (χ3v) is 4.30. The lowest BCUT2D eigenvalue weighted by atomic mass is 9.84. The average molecular weight is 257 g/mol. The third-order valence-electron chi connectivity index (χ3n) is 4.30. The molecule has 0 saturated heterocycles. The molecular formula is C18H27N. The second kappa shape index (κ2) is 6.38. The van der Waals surface area contributed by atoms with Crippen LogP contribution in [-0.2, 0) is 5.41 Å². The second-order valence-corrected chi connectivity index (χ2v) is 6.02. The highest BCUT2D eigenvalue weighted by molar-refractivity contribution is 5.34. The molecule has 2 rings (SSSR count). The van der Waals surface area contributed by atoms with Gasteiger partial charge in [-0.15, -0.1) is 6.58 Å². The Morgan fingerprint density at radius 3 is 2.53 bits per heavy atom. The SMILES string of the molecule is C=C(C)CCC(NCCC)C1(c2ccccc2)CC1. The van der Waals surface area contributed by atoms with Crippen molar-refractivity contribution >= 4 is 0 Å². The van der Waals surface area contributed by atoms with Crippen LogP contribution >= 0.6 is 0 Å². The highest BCUT2D eigenvalue weighted by Gasteiger charge is 2.49. The molecule has 0 heterocycles. The van der Waals surface area contributed by atoms with Crippen molar-refractivity contribution in [1.29, 1.82) is 0 Å². The lowest BCUT2D eigenvalue weighted by Crippen LogP contribution is -2.40. The topological polar surface area (TPSA) is 12.0 Å². The molecule has 1 saturated carbocycles. The van der Waals surface area contributed by atoms with Gasteiger partial charge >= 0.3 is 0 Å². The summed E-state index contributed by atoms with van der Waals surface area (Å²) in [5.74, 6) is 0. The molecule has 0 radical (unpaired) electrons. The standard InChI is InChI=1S/C18H27N/c1-4-14-19-17(11-10-15(2)3)18(12-13-18)16-8-6-5-7-9-16/h5-9,17,19H,2,4,10-14H2,1,3H3. The Hall–Kier alpha value is -1.08. The fraction of sp³-hybridized carbons (Fsp3) is 0.556. The molecule has 104 valence electrons. The molecule has 1 fully saturated rings. The molecule has 1 aromatic rings. The predicted octanol–water partition coefficient (Wildman–Crippen LogP) is 4.44. The van der Waals surface area contributed by atoms with Crippen LogP contribution < -0.4 is 5.32 Å². The highest BCUT2D eigenvalue weighted by atomic mass is 14.9. The van der Waals surface area contributed by atoms with Crippen molar-refractivity contribution in [3.05, 3.63) is 48.0 Å². The van der Waals surface area contributed by atoms with Gasteiger partial charge in [0.2, 0.25) is 0 Å². The number of benzene rings is 1. The van der Waals surface area contributed by atoms with Crippen LogP contribution in [0.1, 0.15) is 51.5 Å². The number of allylic oxidation sites excluding steroid dienone is 1. The maximum absolute atomic E-state index is 4.05. The minimum Gasteiger partial charge on any atom is -0.313 e. The van der Waals surface area contributed by atoms with Gasteiger partial charge in [0.15, 0.2) is 0 Å². The first-order valence-electron chi connectivity index (χ1n) is 7.62. The molecular weight excluding hydrogens is 230 g/mol. The number of hydrogen-bond donors (Lipinski definition) is 1. The number of rotatable bonds is 8. The minimum atomic E-state index is 0.395. The smallest absolute Gasteiger partial charge is 0.0167 e. The van der Waals surface area contributed by atoms with Gasteiger partial charge in [0, 0.05) is 11.5 Å². The summed E-state index contributed by atoms with van der Waals surface area (Å²) in [6, 6.07) is 11.7. The van der Waals surface area contributed by atoms with Crippen LogP contribution in [0.2, 0.25) is 0 Å². The summed E-state index contributed by atoms with van der Waals surface area (Å²) in [7, 11) is 0. The lowest BCUT2D eigenvalue weighted by molar-refractivity contribution is 0.392. The Morgan fingerprint density at radius 1 is 1.32 bits per heavy atom. The van der Waals surface area contributed by atoms with Gasteiger partial charge in [-0.1, -0.05) is 42.8 Å². The number of nitrogens with one attached hydrogen (secondary N) is 1. The largest absolute Gasteiger partial charge is 0.313 e. The van der Waals surface area contributed by atoms with E-state index >= 15 is 0 Å². The fourth-order valence-corrected chi connectivity index (χ4v) is 3.03. The Morgan fingerprint density at radius 2 is 2.00 bits per heavy atom. The summed E-state index contributed by atoms with van der Waals surface area (Å²) in [6.07, 6.45) is 6.21. The monoisotopic (exact) mass is 257 g/mol. The van der Waals surface area contributed by atoms with Gasteiger partial charge in [-0.25, -0.2) is 0 Å². The second-order valence-electron chi connectivity index (χ2n) is 6.02. The van der Waals surface area contributed by atoms with Crippen LogP contribution in [0, 0.1) is 0 Å². The van der Waals surface area contributed by atoms with Crippen molar-refractivity contribution in [2.45, 2.75) is 57.4 Å². The Bertz CT molecular complexity index is 403. The first-order valence-corrected chi connectivity index (χ1v) is 7.62. The van der Waals surface area contributed by atoms with Gasteiger partial charge in [-0.2, -0.15) is 0 Å². The zero-order chi connectivity index (χ0) is 13.7. The molecule has 0 bridgehead atoms. The summed E-state index contributed by atoms with van der Waals surface area (Å²) in [4.78, 5) is 0. The predicted molar refractivity (Wildman–Crippen MR) is 83.5 cm³/mol. The van der Waals surface area contributed by atoms with Gasteiger partial charge in [-0.05, 0) is 51.1 Å². The average Bonchev–Trinajstić information content (AvgIpc) is 3.21. The van der Waals surface area contributed by atoms with Gasteiger partial charge in [0.05, 0.1) is 0 Å². The Labute approximate surface area is 118 Å². The molecule has 0 amide bonds. The summed E-state index contributed by atoms with van der Waals surface area (Å²) in [5, 5.41) is 3.78. The van der Waals surface area contributed by atoms with Crippen molar-refractivity contribution in [3.8, 4) is 0 Å². The van der Waals surface area contributed by atoms with Crippen molar-refractivity contribution in [3.63, 3.8) is 0 Å². The zero-order valence-corrected chi connectivity index (χ0v) is 12.4. The molecule has 1 N–H and O–H groups in total. The maximum Gasteiger partial charge on any atom is 0.0167 e. The van der Waals surface area contributed by atoms with E-state index in [1.807, 2.05) is 0 Å². The van der Waals surface area contributed by atoms with E-state index in [0.29, 0.717) is 11.5 Å². The van der Waals surface area contributed by atoms with Gasteiger partial charge < -0.3 is 5.32 Å². The first kappa shape index (κ1) is 14.3. The fourth-order valence-electron chi connectivity index (χ4n) is 3.03. The first-order chi connectivity index (χ1) is 9.19. The molecule has 1 aliphatic carbocycles. The highest BCUT2D eigenvalue weighted by Crippen LogP contribution is 2.52. The molecule has 0 aliphatic heterocycles. The van der Waals surface area contributed by atoms with E-state index in [-0.39, 0.29) is 0 Å². The summed E-state index contributed by atoms with van der Waals surface area (Å²) >= 11 is 0. The minimum absolute atomic E-state index is 0.395. The van der Waals surface area contributed by atoms with Crippen LogP contribution in [0.3, 0.4) is 0 Å². The van der Waals surface area contributed by atoms with E-state index in [2.05, 4.69) is 56.1 Å². The zero-order valence-electron chi connectivity index (χ0n) is 12.4. The Balaban J connectivity index is 2.10. The molecule has 0 aromatic heterocycles. The van der Waals surface area contributed by atoms with Crippen molar-refractivity contribution < 1.29 is 0 Å². The quantitative estimate of drug-likeness (QED) is 0.679. The van der Waals surface area contributed by atoms with E-state index in [1.165, 1.54) is 36.8 Å². The summed E-state index contributed by atoms with van der Waals surface area (Å²) in [5.41, 5.74) is 3.21. The van der Waals surface area contributed by atoms with E-state index in [0.717, 1.165) is 13.0 Å². The summed E-state index contributed by atoms with van der Waals surface area (Å²) in [6.45, 7) is 9.55. The van der Waals surface area contributed by atoms with Crippen molar-refractivity contribution in [1.82, 2.24) is 5.32 Å². The van der Waals surface area contributed by atoms with Crippen molar-refractivity contribution in [2.75, 3.05) is 6.54 Å². The van der Waals surface area contributed by atoms with Crippen LogP contribution in [0.5, 0.6) is 0 Å². The normalized spacial score (nSPS) is 18.0. The van der Waals surface area contributed by atoms with Gasteiger partial charge in [0.25, 0.3) is 0 Å². The van der Waals surface area contributed by atoms with Crippen molar-refractivity contribution in [2.24, 2.45) is 0 Å². The molecule has 0 spiro atoms. The van der Waals surface area contributed by atoms with Crippen LogP contribution in [0.4, 0.5) is 0 Å². The molecule has 1 atom stereocenters. The Kier molecular flexibility index (Phi) is 4.81. The van der Waals surface area contributed by atoms with E-state index in [9.17, 15) is 0 Å². The van der Waals surface area contributed by atoms with E-state index < -0.39 is 0 Å². The molecule has 1 unspecified atom stereocenters. The molecule has 1 heteroatoms. The van der Waals surface area contributed by atoms with Crippen LogP contribution in [0.25, 0.3) is 0 Å².